The quantitative estimate of drug-likeness (QED) is 0.632. The molecule has 0 aromatic carbocycles. The zero-order valence-electron chi connectivity index (χ0n) is 6.62. The van der Waals surface area contributed by atoms with Gasteiger partial charge in [-0.3, -0.25) is 4.79 Å². The highest BCUT2D eigenvalue weighted by Gasteiger charge is 2.45. The SMILES string of the molecule is O=C(O)C1=CCCC2CC(=O)C12. The molecule has 0 amide bonds. The minimum Gasteiger partial charge on any atom is -0.478 e. The molecule has 0 radical (unpaired) electrons. The first kappa shape index (κ1) is 7.53. The van der Waals surface area contributed by atoms with Crippen LogP contribution < -0.4 is 0 Å². The van der Waals surface area contributed by atoms with E-state index in [0.717, 1.165) is 12.8 Å². The number of Topliss-reactive ketones (excluding diaryl/α,β-unsaturated/α-hetero) is 1. The predicted molar refractivity (Wildman–Crippen MR) is 41.6 cm³/mol. The van der Waals surface area contributed by atoms with Crippen LogP contribution in [0.5, 0.6) is 0 Å². The van der Waals surface area contributed by atoms with Gasteiger partial charge in [0.25, 0.3) is 0 Å². The smallest absolute Gasteiger partial charge is 0.331 e. The first-order valence-electron chi connectivity index (χ1n) is 4.16. The zero-order valence-corrected chi connectivity index (χ0v) is 6.62. The van der Waals surface area contributed by atoms with Crippen LogP contribution in [0, 0.1) is 11.8 Å². The van der Waals surface area contributed by atoms with Gasteiger partial charge in [0.1, 0.15) is 5.78 Å². The minimum absolute atomic E-state index is 0.105. The average molecular weight is 166 g/mol. The number of allylic oxidation sites excluding steroid dienone is 1. The second-order valence-electron chi connectivity index (χ2n) is 3.45. The fourth-order valence-corrected chi connectivity index (χ4v) is 2.10. The van der Waals surface area contributed by atoms with Gasteiger partial charge in [0.15, 0.2) is 0 Å². The summed E-state index contributed by atoms with van der Waals surface area (Å²) >= 11 is 0. The van der Waals surface area contributed by atoms with Gasteiger partial charge in [-0.2, -0.15) is 0 Å². The van der Waals surface area contributed by atoms with Crippen molar-refractivity contribution in [1.29, 1.82) is 0 Å². The van der Waals surface area contributed by atoms with E-state index in [9.17, 15) is 9.59 Å². The Morgan fingerprint density at radius 1 is 1.58 bits per heavy atom. The fourth-order valence-electron chi connectivity index (χ4n) is 2.10. The third-order valence-corrected chi connectivity index (χ3v) is 2.77. The molecule has 2 atom stereocenters. The standard InChI is InChI=1S/C9H10O3/c10-7-4-5-2-1-3-6(8(5)7)9(11)12/h3,5,8H,1-2,4H2,(H,11,12). The molecule has 0 saturated heterocycles. The molecule has 0 spiro atoms. The van der Waals surface area contributed by atoms with Crippen molar-refractivity contribution in [1.82, 2.24) is 0 Å². The maximum absolute atomic E-state index is 11.1. The van der Waals surface area contributed by atoms with Gasteiger partial charge in [-0.1, -0.05) is 6.08 Å². The van der Waals surface area contributed by atoms with Gasteiger partial charge in [-0.05, 0) is 18.8 Å². The summed E-state index contributed by atoms with van der Waals surface area (Å²) in [4.78, 5) is 21.7. The number of carboxylic acid groups (broad SMARTS) is 1. The Bertz CT molecular complexity index is 277. The van der Waals surface area contributed by atoms with Crippen molar-refractivity contribution >= 4 is 11.8 Å². The van der Waals surface area contributed by atoms with Gasteiger partial charge >= 0.3 is 5.97 Å². The Balaban J connectivity index is 2.26. The summed E-state index contributed by atoms with van der Waals surface area (Å²) in [6, 6.07) is 0. The number of carbonyl (C=O) groups is 2. The molecule has 2 rings (SSSR count). The van der Waals surface area contributed by atoms with Gasteiger partial charge in [-0.25, -0.2) is 4.79 Å². The number of hydrogen-bond acceptors (Lipinski definition) is 2. The summed E-state index contributed by atoms with van der Waals surface area (Å²) in [7, 11) is 0. The van der Waals surface area contributed by atoms with Gasteiger partial charge in [0.05, 0.1) is 5.92 Å². The number of carbonyl (C=O) groups excluding carboxylic acids is 1. The van der Waals surface area contributed by atoms with Crippen LogP contribution in [0.15, 0.2) is 11.6 Å². The monoisotopic (exact) mass is 166 g/mol. The van der Waals surface area contributed by atoms with E-state index in [4.69, 9.17) is 5.11 Å². The Morgan fingerprint density at radius 2 is 2.33 bits per heavy atom. The molecule has 0 heterocycles. The number of rotatable bonds is 1. The second kappa shape index (κ2) is 2.44. The number of carboxylic acids is 1. The van der Waals surface area contributed by atoms with Crippen LogP contribution in [-0.2, 0) is 9.59 Å². The van der Waals surface area contributed by atoms with Crippen LogP contribution in [0.1, 0.15) is 19.3 Å². The van der Waals surface area contributed by atoms with Crippen molar-refractivity contribution in [3.8, 4) is 0 Å². The van der Waals surface area contributed by atoms with Gasteiger partial charge in [-0.15, -0.1) is 0 Å². The van der Waals surface area contributed by atoms with Crippen LogP contribution in [0.4, 0.5) is 0 Å². The lowest BCUT2D eigenvalue weighted by molar-refractivity contribution is -0.140. The lowest BCUT2D eigenvalue weighted by Crippen LogP contribution is -2.42. The van der Waals surface area contributed by atoms with Gasteiger partial charge in [0, 0.05) is 12.0 Å². The van der Waals surface area contributed by atoms with Crippen molar-refractivity contribution in [3.63, 3.8) is 0 Å². The normalized spacial score (nSPS) is 33.3. The van der Waals surface area contributed by atoms with Crippen LogP contribution >= 0.6 is 0 Å². The third kappa shape index (κ3) is 0.891. The molecule has 0 aromatic rings. The third-order valence-electron chi connectivity index (χ3n) is 2.77. The first-order valence-corrected chi connectivity index (χ1v) is 4.16. The molecule has 64 valence electrons. The molecule has 3 nitrogen and oxygen atoms in total. The number of aliphatic carboxylic acids is 1. The second-order valence-corrected chi connectivity index (χ2v) is 3.45. The molecular weight excluding hydrogens is 156 g/mol. The zero-order chi connectivity index (χ0) is 8.72. The van der Waals surface area contributed by atoms with Crippen molar-refractivity contribution in [2.75, 3.05) is 0 Å². The minimum atomic E-state index is -0.919. The molecule has 1 saturated carbocycles. The van der Waals surface area contributed by atoms with Crippen molar-refractivity contribution in [2.45, 2.75) is 19.3 Å². The molecular formula is C9H10O3. The van der Waals surface area contributed by atoms with Crippen LogP contribution in [-0.4, -0.2) is 16.9 Å². The highest BCUT2D eigenvalue weighted by atomic mass is 16.4. The molecule has 12 heavy (non-hydrogen) atoms. The maximum Gasteiger partial charge on any atom is 0.331 e. The van der Waals surface area contributed by atoms with E-state index in [0.29, 0.717) is 17.9 Å². The molecule has 0 aromatic heterocycles. The molecule has 2 unspecified atom stereocenters. The number of ketones is 1. The highest BCUT2D eigenvalue weighted by Crippen LogP contribution is 2.42. The molecule has 0 aliphatic heterocycles. The highest BCUT2D eigenvalue weighted by molar-refractivity contribution is 6.00. The molecule has 1 fully saturated rings. The molecule has 0 bridgehead atoms. The van der Waals surface area contributed by atoms with E-state index in [1.165, 1.54) is 0 Å². The Morgan fingerprint density at radius 3 is 2.83 bits per heavy atom. The lowest BCUT2D eigenvalue weighted by Gasteiger charge is -2.38. The Kier molecular flexibility index (Phi) is 1.53. The van der Waals surface area contributed by atoms with Crippen LogP contribution in [0.3, 0.4) is 0 Å². The molecule has 1 N–H and O–H groups in total. The number of fused-ring (bicyclic) bond motifs is 1. The van der Waals surface area contributed by atoms with E-state index in [2.05, 4.69) is 0 Å². The number of hydrogen-bond donors (Lipinski definition) is 1. The summed E-state index contributed by atoms with van der Waals surface area (Å²) in [5.74, 6) is -0.754. The van der Waals surface area contributed by atoms with E-state index in [-0.39, 0.29) is 11.7 Å². The maximum atomic E-state index is 11.1. The van der Waals surface area contributed by atoms with Crippen molar-refractivity contribution < 1.29 is 14.7 Å². The van der Waals surface area contributed by atoms with Gasteiger partial charge in [0.2, 0.25) is 0 Å². The van der Waals surface area contributed by atoms with Crippen molar-refractivity contribution in [2.24, 2.45) is 11.8 Å². The van der Waals surface area contributed by atoms with Crippen LogP contribution in [0.25, 0.3) is 0 Å². The molecule has 2 aliphatic carbocycles. The summed E-state index contributed by atoms with van der Waals surface area (Å²) < 4.78 is 0. The lowest BCUT2D eigenvalue weighted by atomic mass is 9.64. The van der Waals surface area contributed by atoms with E-state index in [1.54, 1.807) is 6.08 Å². The Hall–Kier alpha value is -1.12. The van der Waals surface area contributed by atoms with E-state index in [1.807, 2.05) is 0 Å². The van der Waals surface area contributed by atoms with E-state index < -0.39 is 5.97 Å². The van der Waals surface area contributed by atoms with E-state index >= 15 is 0 Å². The summed E-state index contributed by atoms with van der Waals surface area (Å²) in [6.45, 7) is 0. The molecule has 2 aliphatic rings. The average Bonchev–Trinajstić information content (AvgIpc) is 2.01. The predicted octanol–water partition coefficient (Wildman–Crippen LogP) is 0.996. The van der Waals surface area contributed by atoms with Crippen LogP contribution in [0.2, 0.25) is 0 Å². The first-order chi connectivity index (χ1) is 5.70. The summed E-state index contributed by atoms with van der Waals surface area (Å²) in [5, 5.41) is 8.76. The van der Waals surface area contributed by atoms with Crippen molar-refractivity contribution in [3.05, 3.63) is 11.6 Å². The van der Waals surface area contributed by atoms with Gasteiger partial charge < -0.3 is 5.11 Å². The Labute approximate surface area is 70.1 Å². The largest absolute Gasteiger partial charge is 0.478 e. The summed E-state index contributed by atoms with van der Waals surface area (Å²) in [6.07, 6.45) is 4.08. The summed E-state index contributed by atoms with van der Waals surface area (Å²) in [5.41, 5.74) is 0.336. The fraction of sp³-hybridized carbons (Fsp3) is 0.556. The topological polar surface area (TPSA) is 54.4 Å². The molecule has 3 heteroatoms.